The normalized spacial score (nSPS) is 11.9. The number of aliphatic imine (C=N–C) groups is 2. The maximum absolute atomic E-state index is 11.0. The van der Waals surface area contributed by atoms with Crippen molar-refractivity contribution >= 4 is 58.8 Å². The maximum atomic E-state index is 11.0. The van der Waals surface area contributed by atoms with Gasteiger partial charge in [0, 0.05) is 23.6 Å². The maximum Gasteiger partial charge on any atom is 0.124 e. The van der Waals surface area contributed by atoms with Gasteiger partial charge in [0.2, 0.25) is 0 Å². The van der Waals surface area contributed by atoms with E-state index in [2.05, 4.69) is 204 Å². The molecule has 0 atom stereocenters. The van der Waals surface area contributed by atoms with Gasteiger partial charge in [0.15, 0.2) is 0 Å². The van der Waals surface area contributed by atoms with E-state index in [4.69, 9.17) is 0 Å². The standard InChI is InChI=1S/C54H46N2O2P2/c57-53-33-31-43(41-59(47-19-7-1-8-20-47,48-21-9-2-10-22-48)49-23-11-3-12-24-49)37-45(53)39-55-35-36-56-40-46-38-44(32-34-54(46)58)42-60(50-25-13-4-14-26-50,51-27-15-5-16-28-51)52-29-17-6-18-30-52/h1-34,37-40H,35-36,41-42H2/p+2. The van der Waals surface area contributed by atoms with E-state index >= 15 is 0 Å². The van der Waals surface area contributed by atoms with Gasteiger partial charge in [-0.3, -0.25) is 9.98 Å². The molecule has 2 N–H and O–H groups in total. The minimum atomic E-state index is -2.11. The van der Waals surface area contributed by atoms with Crippen LogP contribution in [0.3, 0.4) is 0 Å². The minimum Gasteiger partial charge on any atom is -0.507 e. The highest BCUT2D eigenvalue weighted by Gasteiger charge is 2.46. The lowest BCUT2D eigenvalue weighted by molar-refractivity contribution is 0.473. The molecule has 60 heavy (non-hydrogen) atoms. The SMILES string of the molecule is Oc1ccc(C[P+](c2ccccc2)(c2ccccc2)c2ccccc2)cc1C=NCCN=Cc1cc(C[P+](c2ccccc2)(c2ccccc2)c2ccccc2)ccc1O. The molecule has 0 fully saturated rings. The van der Waals surface area contributed by atoms with E-state index < -0.39 is 14.5 Å². The van der Waals surface area contributed by atoms with Gasteiger partial charge in [-0.1, -0.05) is 121 Å². The van der Waals surface area contributed by atoms with Crippen molar-refractivity contribution in [3.8, 4) is 11.5 Å². The van der Waals surface area contributed by atoms with Crippen LogP contribution in [0.15, 0.2) is 228 Å². The number of hydrogen-bond acceptors (Lipinski definition) is 4. The molecule has 0 amide bonds. The number of rotatable bonds is 15. The van der Waals surface area contributed by atoms with Crippen molar-refractivity contribution in [2.75, 3.05) is 13.1 Å². The van der Waals surface area contributed by atoms with Crippen LogP contribution in [0.5, 0.6) is 11.5 Å². The van der Waals surface area contributed by atoms with E-state index in [-0.39, 0.29) is 11.5 Å². The Morgan fingerprint density at radius 3 is 0.833 bits per heavy atom. The summed E-state index contributed by atoms with van der Waals surface area (Å²) in [7, 11) is -4.22. The van der Waals surface area contributed by atoms with Crippen LogP contribution in [0.25, 0.3) is 0 Å². The topological polar surface area (TPSA) is 65.2 Å². The van der Waals surface area contributed by atoms with Crippen molar-refractivity contribution in [3.05, 3.63) is 241 Å². The lowest BCUT2D eigenvalue weighted by atomic mass is 10.1. The van der Waals surface area contributed by atoms with Crippen molar-refractivity contribution in [1.29, 1.82) is 0 Å². The third kappa shape index (κ3) is 8.77. The Hall–Kier alpha value is -6.44. The van der Waals surface area contributed by atoms with Crippen LogP contribution in [0.1, 0.15) is 22.3 Å². The number of phenolic OH excluding ortho intramolecular Hbond substituents is 2. The molecule has 0 aromatic heterocycles. The first-order valence-corrected chi connectivity index (χ1v) is 24.2. The molecule has 8 aromatic carbocycles. The van der Waals surface area contributed by atoms with Crippen LogP contribution in [-0.4, -0.2) is 35.7 Å². The van der Waals surface area contributed by atoms with Gasteiger partial charge in [-0.05, 0) is 108 Å². The third-order valence-electron chi connectivity index (χ3n) is 11.0. The summed E-state index contributed by atoms with van der Waals surface area (Å²) in [6.45, 7) is 0.862. The molecule has 294 valence electrons. The fourth-order valence-corrected chi connectivity index (χ4v) is 16.6. The average Bonchev–Trinajstić information content (AvgIpc) is 3.32. The molecular formula is C54H48N2O2P2+2. The molecule has 0 radical (unpaired) electrons. The molecule has 0 saturated heterocycles. The summed E-state index contributed by atoms with van der Waals surface area (Å²) in [6.07, 6.45) is 5.09. The Morgan fingerprint density at radius 2 is 0.583 bits per heavy atom. The molecule has 8 rings (SSSR count). The van der Waals surface area contributed by atoms with E-state index in [1.165, 1.54) is 31.8 Å². The zero-order valence-corrected chi connectivity index (χ0v) is 35.2. The second-order valence-electron chi connectivity index (χ2n) is 14.8. The van der Waals surface area contributed by atoms with Crippen molar-refractivity contribution in [2.45, 2.75) is 12.3 Å². The van der Waals surface area contributed by atoms with Gasteiger partial charge >= 0.3 is 0 Å². The molecule has 0 spiro atoms. The fraction of sp³-hybridized carbons (Fsp3) is 0.0741. The molecule has 6 heteroatoms. The molecule has 0 aliphatic rings. The van der Waals surface area contributed by atoms with Crippen LogP contribution in [-0.2, 0) is 12.3 Å². The van der Waals surface area contributed by atoms with Crippen LogP contribution in [0.2, 0.25) is 0 Å². The van der Waals surface area contributed by atoms with Gasteiger partial charge in [-0.25, -0.2) is 0 Å². The Morgan fingerprint density at radius 1 is 0.333 bits per heavy atom. The summed E-state index contributed by atoms with van der Waals surface area (Å²) in [5.74, 6) is 0.382. The van der Waals surface area contributed by atoms with Gasteiger partial charge in [0.25, 0.3) is 0 Å². The van der Waals surface area contributed by atoms with E-state index in [0.29, 0.717) is 24.2 Å². The van der Waals surface area contributed by atoms with E-state index in [1.807, 2.05) is 12.1 Å². The summed E-state index contributed by atoms with van der Waals surface area (Å²) >= 11 is 0. The first-order valence-electron chi connectivity index (χ1n) is 20.3. The molecule has 0 unspecified atom stereocenters. The van der Waals surface area contributed by atoms with Crippen molar-refractivity contribution in [2.24, 2.45) is 9.98 Å². The fourth-order valence-electron chi connectivity index (χ4n) is 8.14. The van der Waals surface area contributed by atoms with Gasteiger partial charge in [0.05, 0.1) is 25.4 Å². The Balaban J connectivity index is 1.02. The number of hydrogen-bond donors (Lipinski definition) is 2. The summed E-state index contributed by atoms with van der Waals surface area (Å²) in [5.41, 5.74) is 3.61. The van der Waals surface area contributed by atoms with Gasteiger partial charge < -0.3 is 10.2 Å². The highest BCUT2D eigenvalue weighted by atomic mass is 31.2. The van der Waals surface area contributed by atoms with Crippen molar-refractivity contribution in [1.82, 2.24) is 0 Å². The summed E-state index contributed by atoms with van der Waals surface area (Å²) < 4.78 is 0. The van der Waals surface area contributed by atoms with E-state index in [1.54, 1.807) is 24.6 Å². The monoisotopic (exact) mass is 818 g/mol. The number of phenols is 2. The smallest absolute Gasteiger partial charge is 0.124 e. The predicted octanol–water partition coefficient (Wildman–Crippen LogP) is 9.62. The number of aromatic hydroxyl groups is 2. The molecule has 0 heterocycles. The molecule has 0 saturated carbocycles. The zero-order chi connectivity index (χ0) is 41.0. The number of benzene rings is 8. The van der Waals surface area contributed by atoms with Crippen LogP contribution < -0.4 is 31.8 Å². The molecule has 0 bridgehead atoms. The quantitative estimate of drug-likeness (QED) is 0.0615. The van der Waals surface area contributed by atoms with Crippen LogP contribution in [0, 0.1) is 0 Å². The zero-order valence-electron chi connectivity index (χ0n) is 33.5. The molecule has 8 aromatic rings. The average molecular weight is 819 g/mol. The highest BCUT2D eigenvalue weighted by molar-refractivity contribution is 7.95. The summed E-state index contributed by atoms with van der Waals surface area (Å²) in [4.78, 5) is 9.37. The van der Waals surface area contributed by atoms with Crippen molar-refractivity contribution < 1.29 is 10.2 Å². The van der Waals surface area contributed by atoms with Crippen LogP contribution >= 0.6 is 14.5 Å². The third-order valence-corrected chi connectivity index (χ3v) is 19.8. The number of nitrogens with zero attached hydrogens (tertiary/aromatic N) is 2. The molecule has 0 aliphatic heterocycles. The van der Waals surface area contributed by atoms with E-state index in [0.717, 1.165) is 23.5 Å². The van der Waals surface area contributed by atoms with E-state index in [9.17, 15) is 10.2 Å². The second kappa shape index (κ2) is 19.1. The van der Waals surface area contributed by atoms with Crippen LogP contribution in [0.4, 0.5) is 0 Å². The highest BCUT2D eigenvalue weighted by Crippen LogP contribution is 2.59. The lowest BCUT2D eigenvalue weighted by Gasteiger charge is -2.28. The Kier molecular flexibility index (Phi) is 12.8. The lowest BCUT2D eigenvalue weighted by Crippen LogP contribution is -2.32. The molecular weight excluding hydrogens is 771 g/mol. The second-order valence-corrected chi connectivity index (χ2v) is 21.8. The molecule has 4 nitrogen and oxygen atoms in total. The minimum absolute atomic E-state index is 0.191. The summed E-state index contributed by atoms with van der Waals surface area (Å²) in [6, 6.07) is 76.7. The largest absolute Gasteiger partial charge is 0.507 e. The Labute approximate surface area is 355 Å². The Bertz CT molecular complexity index is 2280. The van der Waals surface area contributed by atoms with Gasteiger partial charge in [-0.15, -0.1) is 0 Å². The molecule has 0 aliphatic carbocycles. The predicted molar refractivity (Wildman–Crippen MR) is 259 cm³/mol. The van der Waals surface area contributed by atoms with Gasteiger partial charge in [-0.2, -0.15) is 0 Å². The van der Waals surface area contributed by atoms with Gasteiger partial charge in [0.1, 0.15) is 57.9 Å². The van der Waals surface area contributed by atoms with Crippen molar-refractivity contribution in [3.63, 3.8) is 0 Å². The summed E-state index contributed by atoms with van der Waals surface area (Å²) in [5, 5.41) is 29.8. The first-order chi connectivity index (χ1) is 29.6. The first kappa shape index (κ1) is 40.3.